The maximum Gasteiger partial charge on any atom is 0.203 e. The summed E-state index contributed by atoms with van der Waals surface area (Å²) in [5, 5.41) is 6.97. The number of methoxy groups -OCH3 is 1. The normalized spacial score (nSPS) is 10.9. The Morgan fingerprint density at radius 2 is 1.84 bits per heavy atom. The molecule has 0 atom stereocenters. The SMILES string of the molecule is COc1cc(/C=N/Nc2nc(-c3ccccc3)cs2)ccc1OCc1ccc(F)cc1. The van der Waals surface area contributed by atoms with Crippen molar-refractivity contribution in [3.8, 4) is 22.8 Å². The highest BCUT2D eigenvalue weighted by molar-refractivity contribution is 7.14. The van der Waals surface area contributed by atoms with Crippen molar-refractivity contribution in [3.63, 3.8) is 0 Å². The second-order valence-electron chi connectivity index (χ2n) is 6.60. The van der Waals surface area contributed by atoms with Crippen molar-refractivity contribution in [2.75, 3.05) is 12.5 Å². The Labute approximate surface area is 183 Å². The van der Waals surface area contributed by atoms with Crippen LogP contribution in [-0.4, -0.2) is 18.3 Å². The molecular formula is C24H20FN3O2S. The molecule has 156 valence electrons. The van der Waals surface area contributed by atoms with Crippen LogP contribution in [0.5, 0.6) is 11.5 Å². The monoisotopic (exact) mass is 433 g/mol. The number of ether oxygens (including phenoxy) is 2. The highest BCUT2D eigenvalue weighted by atomic mass is 32.1. The number of hydrogen-bond donors (Lipinski definition) is 1. The Hall–Kier alpha value is -3.71. The summed E-state index contributed by atoms with van der Waals surface area (Å²) >= 11 is 1.49. The Balaban J connectivity index is 1.38. The molecule has 0 bridgehead atoms. The summed E-state index contributed by atoms with van der Waals surface area (Å²) in [6.07, 6.45) is 1.69. The van der Waals surface area contributed by atoms with Crippen molar-refractivity contribution < 1.29 is 13.9 Å². The Morgan fingerprint density at radius 1 is 1.03 bits per heavy atom. The van der Waals surface area contributed by atoms with E-state index in [1.54, 1.807) is 25.5 Å². The van der Waals surface area contributed by atoms with Crippen LogP contribution in [0.1, 0.15) is 11.1 Å². The molecule has 1 aromatic heterocycles. The molecule has 0 fully saturated rings. The predicted octanol–water partition coefficient (Wildman–Crippen LogP) is 5.98. The average Bonchev–Trinajstić information content (AvgIpc) is 3.28. The molecule has 0 aliphatic rings. The van der Waals surface area contributed by atoms with E-state index < -0.39 is 0 Å². The molecule has 1 heterocycles. The molecule has 0 unspecified atom stereocenters. The summed E-state index contributed by atoms with van der Waals surface area (Å²) in [6.45, 7) is 0.319. The second kappa shape index (κ2) is 9.86. The summed E-state index contributed by atoms with van der Waals surface area (Å²) in [5.74, 6) is 0.920. The first-order chi connectivity index (χ1) is 15.2. The van der Waals surface area contributed by atoms with Crippen molar-refractivity contribution in [1.29, 1.82) is 0 Å². The third-order valence-electron chi connectivity index (χ3n) is 4.44. The molecule has 7 heteroatoms. The fourth-order valence-corrected chi connectivity index (χ4v) is 3.52. The lowest BCUT2D eigenvalue weighted by Crippen LogP contribution is -1.99. The lowest BCUT2D eigenvalue weighted by molar-refractivity contribution is 0.284. The van der Waals surface area contributed by atoms with E-state index >= 15 is 0 Å². The second-order valence-corrected chi connectivity index (χ2v) is 7.46. The van der Waals surface area contributed by atoms with E-state index in [1.165, 1.54) is 23.5 Å². The molecule has 3 aromatic carbocycles. The summed E-state index contributed by atoms with van der Waals surface area (Å²) in [4.78, 5) is 4.54. The highest BCUT2D eigenvalue weighted by Crippen LogP contribution is 2.29. The van der Waals surface area contributed by atoms with Crippen molar-refractivity contribution in [2.24, 2.45) is 5.10 Å². The van der Waals surface area contributed by atoms with Gasteiger partial charge in [-0.15, -0.1) is 11.3 Å². The fourth-order valence-electron chi connectivity index (χ4n) is 2.85. The minimum absolute atomic E-state index is 0.271. The summed E-state index contributed by atoms with van der Waals surface area (Å²) in [5.41, 5.74) is 6.65. The van der Waals surface area contributed by atoms with Gasteiger partial charge in [-0.2, -0.15) is 5.10 Å². The van der Waals surface area contributed by atoms with Gasteiger partial charge in [0.15, 0.2) is 11.5 Å². The van der Waals surface area contributed by atoms with Crippen molar-refractivity contribution in [1.82, 2.24) is 4.98 Å². The van der Waals surface area contributed by atoms with E-state index in [-0.39, 0.29) is 5.82 Å². The molecular weight excluding hydrogens is 413 g/mol. The molecule has 1 N–H and O–H groups in total. The number of hydrazone groups is 1. The van der Waals surface area contributed by atoms with Crippen LogP contribution in [0.15, 0.2) is 83.3 Å². The third kappa shape index (κ3) is 5.46. The van der Waals surface area contributed by atoms with Crippen LogP contribution in [0, 0.1) is 5.82 Å². The summed E-state index contributed by atoms with van der Waals surface area (Å²) in [6, 6.07) is 21.7. The molecule has 4 rings (SSSR count). The van der Waals surface area contributed by atoms with Crippen LogP contribution >= 0.6 is 11.3 Å². The molecule has 4 aromatic rings. The van der Waals surface area contributed by atoms with Gasteiger partial charge in [0.1, 0.15) is 12.4 Å². The van der Waals surface area contributed by atoms with Gasteiger partial charge >= 0.3 is 0 Å². The molecule has 0 saturated heterocycles. The predicted molar refractivity (Wildman–Crippen MR) is 122 cm³/mol. The van der Waals surface area contributed by atoms with Crippen LogP contribution < -0.4 is 14.9 Å². The van der Waals surface area contributed by atoms with Gasteiger partial charge in [-0.1, -0.05) is 42.5 Å². The number of nitrogens with zero attached hydrogens (tertiary/aromatic N) is 2. The summed E-state index contributed by atoms with van der Waals surface area (Å²) in [7, 11) is 1.58. The van der Waals surface area contributed by atoms with Crippen LogP contribution in [0.4, 0.5) is 9.52 Å². The van der Waals surface area contributed by atoms with Gasteiger partial charge in [-0.25, -0.2) is 9.37 Å². The number of benzene rings is 3. The zero-order valence-electron chi connectivity index (χ0n) is 16.8. The zero-order chi connectivity index (χ0) is 21.5. The maximum absolute atomic E-state index is 13.0. The third-order valence-corrected chi connectivity index (χ3v) is 5.19. The van der Waals surface area contributed by atoms with E-state index in [4.69, 9.17) is 9.47 Å². The fraction of sp³-hybridized carbons (Fsp3) is 0.0833. The first kappa shape index (κ1) is 20.6. The first-order valence-electron chi connectivity index (χ1n) is 9.56. The number of halogens is 1. The van der Waals surface area contributed by atoms with Gasteiger partial charge in [0, 0.05) is 10.9 Å². The van der Waals surface area contributed by atoms with E-state index in [2.05, 4.69) is 15.5 Å². The molecule has 0 spiro atoms. The molecule has 0 aliphatic heterocycles. The van der Waals surface area contributed by atoms with Gasteiger partial charge in [0.2, 0.25) is 5.13 Å². The zero-order valence-corrected chi connectivity index (χ0v) is 17.6. The van der Waals surface area contributed by atoms with Gasteiger partial charge in [-0.3, -0.25) is 5.43 Å². The molecule has 31 heavy (non-hydrogen) atoms. The Kier molecular flexibility index (Phi) is 6.54. The van der Waals surface area contributed by atoms with Gasteiger partial charge in [0.05, 0.1) is 19.0 Å². The Bertz CT molecular complexity index is 1160. The first-order valence-corrected chi connectivity index (χ1v) is 10.4. The average molecular weight is 434 g/mol. The number of anilines is 1. The van der Waals surface area contributed by atoms with Crippen LogP contribution in [0.2, 0.25) is 0 Å². The largest absolute Gasteiger partial charge is 0.493 e. The Morgan fingerprint density at radius 3 is 2.61 bits per heavy atom. The quantitative estimate of drug-likeness (QED) is 0.274. The van der Waals surface area contributed by atoms with Gasteiger partial charge < -0.3 is 9.47 Å². The number of rotatable bonds is 8. The molecule has 0 saturated carbocycles. The standard InChI is InChI=1S/C24H20FN3O2S/c1-29-23-13-18(9-12-22(23)30-15-17-7-10-20(25)11-8-17)14-26-28-24-27-21(16-31-24)19-5-3-2-4-6-19/h2-14,16H,15H2,1H3,(H,27,28)/b26-14+. The topological polar surface area (TPSA) is 55.7 Å². The highest BCUT2D eigenvalue weighted by Gasteiger charge is 2.06. The smallest absolute Gasteiger partial charge is 0.203 e. The number of nitrogens with one attached hydrogen (secondary N) is 1. The van der Waals surface area contributed by atoms with Crippen LogP contribution in [0.25, 0.3) is 11.3 Å². The van der Waals surface area contributed by atoms with E-state index in [9.17, 15) is 4.39 Å². The number of aromatic nitrogens is 1. The number of thiazole rings is 1. The van der Waals surface area contributed by atoms with E-state index in [0.717, 1.165) is 22.4 Å². The van der Waals surface area contributed by atoms with E-state index in [1.807, 2.05) is 53.9 Å². The minimum Gasteiger partial charge on any atom is -0.493 e. The minimum atomic E-state index is -0.271. The molecule has 0 radical (unpaired) electrons. The van der Waals surface area contributed by atoms with Crippen molar-refractivity contribution in [2.45, 2.75) is 6.61 Å². The van der Waals surface area contributed by atoms with Crippen molar-refractivity contribution in [3.05, 3.63) is 95.1 Å². The van der Waals surface area contributed by atoms with Crippen LogP contribution in [-0.2, 0) is 6.61 Å². The van der Waals surface area contributed by atoms with Gasteiger partial charge in [-0.05, 0) is 41.5 Å². The lowest BCUT2D eigenvalue weighted by Gasteiger charge is -2.11. The van der Waals surface area contributed by atoms with Gasteiger partial charge in [0.25, 0.3) is 0 Å². The molecule has 0 amide bonds. The molecule has 0 aliphatic carbocycles. The lowest BCUT2D eigenvalue weighted by atomic mass is 10.2. The maximum atomic E-state index is 13.0. The number of hydrogen-bond acceptors (Lipinski definition) is 6. The van der Waals surface area contributed by atoms with E-state index in [0.29, 0.717) is 23.2 Å². The summed E-state index contributed by atoms with van der Waals surface area (Å²) < 4.78 is 24.3. The van der Waals surface area contributed by atoms with Crippen molar-refractivity contribution >= 4 is 22.7 Å². The van der Waals surface area contributed by atoms with Crippen LogP contribution in [0.3, 0.4) is 0 Å². The molecule has 5 nitrogen and oxygen atoms in total.